The molecule has 1 saturated carbocycles. The minimum atomic E-state index is 0.0520. The summed E-state index contributed by atoms with van der Waals surface area (Å²) in [6.07, 6.45) is 4.57. The lowest BCUT2D eigenvalue weighted by Crippen LogP contribution is -2.21. The molecule has 1 fully saturated rings. The van der Waals surface area contributed by atoms with Crippen LogP contribution >= 0.6 is 0 Å². The number of ketones is 1. The highest BCUT2D eigenvalue weighted by molar-refractivity contribution is 5.82. The van der Waals surface area contributed by atoms with E-state index in [2.05, 4.69) is 13.5 Å². The molecule has 55 valence electrons. The first-order chi connectivity index (χ1) is 4.74. The highest BCUT2D eigenvalue weighted by Gasteiger charge is 2.22. The Labute approximate surface area is 62.1 Å². The second-order valence-electron chi connectivity index (χ2n) is 2.94. The maximum Gasteiger partial charge on any atom is 0.136 e. The first-order valence-corrected chi connectivity index (χ1v) is 3.72. The van der Waals surface area contributed by atoms with Gasteiger partial charge in [-0.2, -0.15) is 0 Å². The van der Waals surface area contributed by atoms with Crippen molar-refractivity contribution < 1.29 is 4.79 Å². The van der Waals surface area contributed by atoms with Crippen molar-refractivity contribution in [2.24, 2.45) is 11.8 Å². The van der Waals surface area contributed by atoms with Crippen LogP contribution in [0.15, 0.2) is 12.7 Å². The molecular weight excluding hydrogens is 124 g/mol. The van der Waals surface area contributed by atoms with E-state index in [-0.39, 0.29) is 5.92 Å². The number of carbonyl (C=O) groups is 1. The summed E-state index contributed by atoms with van der Waals surface area (Å²) in [4.78, 5) is 11.1. The third kappa shape index (κ3) is 1.47. The summed E-state index contributed by atoms with van der Waals surface area (Å²) in [7, 11) is 0. The van der Waals surface area contributed by atoms with Crippen LogP contribution in [0.4, 0.5) is 0 Å². The maximum absolute atomic E-state index is 11.1. The molecule has 1 unspecified atom stereocenters. The van der Waals surface area contributed by atoms with Gasteiger partial charge in [-0.3, -0.25) is 4.79 Å². The monoisotopic (exact) mass is 137 g/mol. The SMILES string of the molecule is [CH2]C1CC[C@@H](C=C)CC1=O. The second kappa shape index (κ2) is 3.00. The highest BCUT2D eigenvalue weighted by Crippen LogP contribution is 2.25. The molecule has 10 heavy (non-hydrogen) atoms. The summed E-state index contributed by atoms with van der Waals surface area (Å²) in [6.45, 7) is 7.43. The summed E-state index contributed by atoms with van der Waals surface area (Å²) in [5, 5.41) is 0. The molecule has 2 atom stereocenters. The molecule has 0 heterocycles. The van der Waals surface area contributed by atoms with Gasteiger partial charge in [-0.1, -0.05) is 6.08 Å². The topological polar surface area (TPSA) is 17.1 Å². The van der Waals surface area contributed by atoms with Crippen molar-refractivity contribution in [1.82, 2.24) is 0 Å². The number of hydrogen-bond acceptors (Lipinski definition) is 1. The molecule has 0 N–H and O–H groups in total. The number of Topliss-reactive ketones (excluding diaryl/α,β-unsaturated/α-hetero) is 1. The molecule has 0 bridgehead atoms. The minimum Gasteiger partial charge on any atom is -0.299 e. The molecule has 1 rings (SSSR count). The van der Waals surface area contributed by atoms with Gasteiger partial charge in [-0.25, -0.2) is 0 Å². The van der Waals surface area contributed by atoms with E-state index in [1.54, 1.807) is 0 Å². The van der Waals surface area contributed by atoms with E-state index in [0.717, 1.165) is 12.8 Å². The van der Waals surface area contributed by atoms with Crippen molar-refractivity contribution in [3.05, 3.63) is 19.6 Å². The van der Waals surface area contributed by atoms with Crippen LogP contribution in [0.1, 0.15) is 19.3 Å². The number of allylic oxidation sites excluding steroid dienone is 1. The molecular formula is C9H13O. The molecule has 1 aliphatic rings. The van der Waals surface area contributed by atoms with Gasteiger partial charge in [0.15, 0.2) is 0 Å². The van der Waals surface area contributed by atoms with Gasteiger partial charge < -0.3 is 0 Å². The largest absolute Gasteiger partial charge is 0.299 e. The third-order valence-corrected chi connectivity index (χ3v) is 2.14. The Balaban J connectivity index is 2.48. The van der Waals surface area contributed by atoms with Gasteiger partial charge in [0.05, 0.1) is 0 Å². The van der Waals surface area contributed by atoms with Crippen LogP contribution in [-0.2, 0) is 4.79 Å². The van der Waals surface area contributed by atoms with Crippen LogP contribution in [0.25, 0.3) is 0 Å². The smallest absolute Gasteiger partial charge is 0.136 e. The molecule has 1 nitrogen and oxygen atoms in total. The zero-order valence-corrected chi connectivity index (χ0v) is 6.18. The van der Waals surface area contributed by atoms with E-state index in [1.807, 2.05) is 6.08 Å². The lowest BCUT2D eigenvalue weighted by molar-refractivity contribution is -0.123. The van der Waals surface area contributed by atoms with Crippen LogP contribution in [0.3, 0.4) is 0 Å². The molecule has 0 aromatic heterocycles. The average molecular weight is 137 g/mol. The standard InChI is InChI=1S/C9H13O/c1-3-8-5-4-7(2)9(10)6-8/h3,7-8H,1-2,4-6H2/t7?,8-/m1/s1. The average Bonchev–Trinajstić information content (AvgIpc) is 1.95. The third-order valence-electron chi connectivity index (χ3n) is 2.14. The zero-order valence-electron chi connectivity index (χ0n) is 6.18. The summed E-state index contributed by atoms with van der Waals surface area (Å²) < 4.78 is 0. The predicted molar refractivity (Wildman–Crippen MR) is 41.4 cm³/mol. The summed E-state index contributed by atoms with van der Waals surface area (Å²) in [5.74, 6) is 0.776. The fraction of sp³-hybridized carbons (Fsp3) is 0.556. The lowest BCUT2D eigenvalue weighted by atomic mass is 9.82. The first-order valence-electron chi connectivity index (χ1n) is 3.72. The first kappa shape index (κ1) is 7.52. The zero-order chi connectivity index (χ0) is 7.56. The molecule has 1 heteroatoms. The minimum absolute atomic E-state index is 0.0520. The number of rotatable bonds is 1. The predicted octanol–water partition coefficient (Wildman–Crippen LogP) is 1.99. The Kier molecular flexibility index (Phi) is 2.25. The van der Waals surface area contributed by atoms with Crippen molar-refractivity contribution in [2.75, 3.05) is 0 Å². The van der Waals surface area contributed by atoms with Gasteiger partial charge in [-0.05, 0) is 25.7 Å². The Morgan fingerprint density at radius 3 is 2.70 bits per heavy atom. The van der Waals surface area contributed by atoms with Gasteiger partial charge in [0.25, 0.3) is 0 Å². The molecule has 0 aliphatic heterocycles. The van der Waals surface area contributed by atoms with Crippen molar-refractivity contribution in [3.8, 4) is 0 Å². The van der Waals surface area contributed by atoms with Crippen molar-refractivity contribution in [2.45, 2.75) is 19.3 Å². The normalized spacial score (nSPS) is 33.9. The Morgan fingerprint density at radius 1 is 1.50 bits per heavy atom. The van der Waals surface area contributed by atoms with E-state index in [4.69, 9.17) is 0 Å². The van der Waals surface area contributed by atoms with Crippen LogP contribution < -0.4 is 0 Å². The Bertz CT molecular complexity index is 149. The van der Waals surface area contributed by atoms with E-state index in [0.29, 0.717) is 18.1 Å². The highest BCUT2D eigenvalue weighted by atomic mass is 16.1. The van der Waals surface area contributed by atoms with Gasteiger partial charge in [-0.15, -0.1) is 6.58 Å². The van der Waals surface area contributed by atoms with Crippen molar-refractivity contribution in [3.63, 3.8) is 0 Å². The van der Waals surface area contributed by atoms with Crippen LogP contribution in [-0.4, -0.2) is 5.78 Å². The second-order valence-corrected chi connectivity index (χ2v) is 2.94. The maximum atomic E-state index is 11.1. The summed E-state index contributed by atoms with van der Waals surface area (Å²) in [5.41, 5.74) is 0. The number of carbonyl (C=O) groups excluding carboxylic acids is 1. The van der Waals surface area contributed by atoms with Crippen molar-refractivity contribution in [1.29, 1.82) is 0 Å². The van der Waals surface area contributed by atoms with Crippen LogP contribution in [0, 0.1) is 18.8 Å². The van der Waals surface area contributed by atoms with Gasteiger partial charge in [0.1, 0.15) is 5.78 Å². The van der Waals surface area contributed by atoms with E-state index in [1.165, 1.54) is 0 Å². The van der Waals surface area contributed by atoms with Gasteiger partial charge in [0.2, 0.25) is 0 Å². The lowest BCUT2D eigenvalue weighted by Gasteiger charge is -2.21. The Hall–Kier alpha value is -0.590. The molecule has 0 aromatic rings. The van der Waals surface area contributed by atoms with E-state index >= 15 is 0 Å². The molecule has 0 spiro atoms. The van der Waals surface area contributed by atoms with Gasteiger partial charge in [0, 0.05) is 12.3 Å². The molecule has 0 saturated heterocycles. The molecule has 1 aliphatic carbocycles. The summed E-state index contributed by atoms with van der Waals surface area (Å²) >= 11 is 0. The fourth-order valence-corrected chi connectivity index (χ4v) is 1.30. The fourth-order valence-electron chi connectivity index (χ4n) is 1.30. The van der Waals surface area contributed by atoms with E-state index < -0.39 is 0 Å². The molecule has 1 radical (unpaired) electrons. The molecule has 0 amide bonds. The van der Waals surface area contributed by atoms with E-state index in [9.17, 15) is 4.79 Å². The molecule has 0 aromatic carbocycles. The van der Waals surface area contributed by atoms with Crippen molar-refractivity contribution >= 4 is 5.78 Å². The number of hydrogen-bond donors (Lipinski definition) is 0. The summed E-state index contributed by atoms with van der Waals surface area (Å²) in [6, 6.07) is 0. The Morgan fingerprint density at radius 2 is 2.20 bits per heavy atom. The quantitative estimate of drug-likeness (QED) is 0.505. The van der Waals surface area contributed by atoms with Gasteiger partial charge >= 0.3 is 0 Å². The van der Waals surface area contributed by atoms with Crippen LogP contribution in [0.2, 0.25) is 0 Å². The van der Waals surface area contributed by atoms with Crippen LogP contribution in [0.5, 0.6) is 0 Å².